The van der Waals surface area contributed by atoms with Crippen LogP contribution in [-0.4, -0.2) is 12.1 Å². The zero-order valence-electron chi connectivity index (χ0n) is 11.6. The molecule has 4 aliphatic carbocycles. The van der Waals surface area contributed by atoms with Crippen LogP contribution in [0, 0.1) is 17.3 Å². The number of fused-ring (bicyclic) bond motifs is 1. The minimum absolute atomic E-state index is 0.0806. The Bertz CT molecular complexity index is 585. The molecule has 0 amide bonds. The van der Waals surface area contributed by atoms with Crippen molar-refractivity contribution in [1.29, 1.82) is 0 Å². The maximum Gasteiger partial charge on any atom is 0.416 e. The Morgan fingerprint density at radius 1 is 1.29 bits per heavy atom. The monoisotopic (exact) mass is 297 g/mol. The van der Waals surface area contributed by atoms with Gasteiger partial charge in [-0.15, -0.1) is 0 Å². The van der Waals surface area contributed by atoms with Crippen molar-refractivity contribution < 1.29 is 17.9 Å². The second-order valence-electron chi connectivity index (χ2n) is 6.99. The Hall–Kier alpha value is -1.07. The predicted octanol–water partition coefficient (Wildman–Crippen LogP) is 3.35. The first-order valence-electron chi connectivity index (χ1n) is 7.37. The van der Waals surface area contributed by atoms with E-state index >= 15 is 0 Å². The number of halogens is 3. The average Bonchev–Trinajstić information content (AvgIpc) is 2.74. The third kappa shape index (κ3) is 1.87. The first-order valence-corrected chi connectivity index (χ1v) is 7.37. The topological polar surface area (TPSA) is 35.2 Å². The van der Waals surface area contributed by atoms with Crippen LogP contribution in [0.2, 0.25) is 0 Å². The van der Waals surface area contributed by atoms with E-state index in [1.165, 1.54) is 12.5 Å². The maximum absolute atomic E-state index is 12.6. The Morgan fingerprint density at radius 3 is 2.71 bits per heavy atom. The molecule has 3 unspecified atom stereocenters. The first-order chi connectivity index (χ1) is 9.84. The molecule has 114 valence electrons. The van der Waals surface area contributed by atoms with Crippen molar-refractivity contribution in [2.24, 2.45) is 23.0 Å². The third-order valence-electron chi connectivity index (χ3n) is 5.84. The van der Waals surface area contributed by atoms with Gasteiger partial charge in [-0.05, 0) is 54.2 Å². The highest BCUT2D eigenvalue weighted by Gasteiger charge is 2.83. The summed E-state index contributed by atoms with van der Waals surface area (Å²) >= 11 is 0. The van der Waals surface area contributed by atoms with Crippen molar-refractivity contribution in [1.82, 2.24) is 0 Å². The Morgan fingerprint density at radius 2 is 2.10 bits per heavy atom. The van der Waals surface area contributed by atoms with Gasteiger partial charge in [-0.1, -0.05) is 12.1 Å². The van der Waals surface area contributed by atoms with Crippen LogP contribution >= 0.6 is 0 Å². The molecule has 1 aromatic rings. The summed E-state index contributed by atoms with van der Waals surface area (Å²) in [7, 11) is 0. The molecule has 0 heterocycles. The van der Waals surface area contributed by atoms with Gasteiger partial charge >= 0.3 is 6.18 Å². The average molecular weight is 297 g/mol. The van der Waals surface area contributed by atoms with E-state index in [-0.39, 0.29) is 12.1 Å². The zero-order valence-corrected chi connectivity index (χ0v) is 11.6. The molecule has 5 rings (SSSR count). The molecule has 0 radical (unpaired) electrons. The fraction of sp³-hybridized carbons (Fsp3) is 0.625. The molecule has 4 fully saturated rings. The van der Waals surface area contributed by atoms with Crippen molar-refractivity contribution in [2.45, 2.75) is 37.6 Å². The van der Waals surface area contributed by atoms with E-state index in [4.69, 9.17) is 10.5 Å². The first kappa shape index (κ1) is 13.6. The summed E-state index contributed by atoms with van der Waals surface area (Å²) in [5.41, 5.74) is 6.73. The van der Waals surface area contributed by atoms with E-state index in [1.807, 2.05) is 0 Å². The van der Waals surface area contributed by atoms with Crippen LogP contribution in [-0.2, 0) is 17.5 Å². The third-order valence-corrected chi connectivity index (χ3v) is 5.84. The molecule has 2 nitrogen and oxygen atoms in total. The van der Waals surface area contributed by atoms with Crippen LogP contribution in [0.15, 0.2) is 24.3 Å². The van der Waals surface area contributed by atoms with Crippen molar-refractivity contribution >= 4 is 0 Å². The van der Waals surface area contributed by atoms with E-state index in [1.54, 1.807) is 6.07 Å². The summed E-state index contributed by atoms with van der Waals surface area (Å²) in [5, 5.41) is 0. The van der Waals surface area contributed by atoms with Gasteiger partial charge in [0.15, 0.2) is 0 Å². The quantitative estimate of drug-likeness (QED) is 0.925. The number of ether oxygens (including phenoxy) is 1. The molecule has 1 spiro atoms. The molecule has 4 atom stereocenters. The summed E-state index contributed by atoms with van der Waals surface area (Å²) in [6, 6.07) is 5.34. The number of nitrogens with two attached hydrogens (primary N) is 1. The largest absolute Gasteiger partial charge is 0.416 e. The summed E-state index contributed by atoms with van der Waals surface area (Å²) < 4.78 is 43.5. The molecule has 0 saturated heterocycles. The molecular formula is C16H18F3NO. The highest BCUT2D eigenvalue weighted by Crippen LogP contribution is 2.82. The van der Waals surface area contributed by atoms with Crippen LogP contribution in [0.4, 0.5) is 13.2 Å². The fourth-order valence-corrected chi connectivity index (χ4v) is 4.69. The summed E-state index contributed by atoms with van der Waals surface area (Å²) in [6.07, 6.45) is -0.776. The van der Waals surface area contributed by atoms with Gasteiger partial charge in [0.05, 0.1) is 18.8 Å². The van der Waals surface area contributed by atoms with Gasteiger partial charge in [-0.2, -0.15) is 13.2 Å². The molecular weight excluding hydrogens is 279 g/mol. The number of benzene rings is 1. The maximum atomic E-state index is 12.6. The minimum Gasteiger partial charge on any atom is -0.376 e. The molecule has 5 heteroatoms. The molecule has 0 aliphatic heterocycles. The van der Waals surface area contributed by atoms with Crippen LogP contribution in [0.1, 0.15) is 30.4 Å². The molecule has 4 saturated carbocycles. The fourth-order valence-electron chi connectivity index (χ4n) is 4.69. The molecule has 4 aliphatic rings. The van der Waals surface area contributed by atoms with Gasteiger partial charge in [-0.3, -0.25) is 0 Å². The molecule has 21 heavy (non-hydrogen) atoms. The van der Waals surface area contributed by atoms with Crippen molar-refractivity contribution in [3.05, 3.63) is 35.4 Å². The van der Waals surface area contributed by atoms with Gasteiger partial charge in [0.25, 0.3) is 0 Å². The van der Waals surface area contributed by atoms with Crippen molar-refractivity contribution in [3.8, 4) is 0 Å². The molecule has 2 bridgehead atoms. The van der Waals surface area contributed by atoms with Crippen molar-refractivity contribution in [3.63, 3.8) is 0 Å². The minimum atomic E-state index is -4.30. The van der Waals surface area contributed by atoms with Gasteiger partial charge in [0, 0.05) is 5.54 Å². The Kier molecular flexibility index (Phi) is 2.60. The van der Waals surface area contributed by atoms with E-state index in [0.29, 0.717) is 29.4 Å². The van der Waals surface area contributed by atoms with E-state index in [2.05, 4.69) is 0 Å². The lowest BCUT2D eigenvalue weighted by molar-refractivity contribution is -0.137. The summed E-state index contributed by atoms with van der Waals surface area (Å²) in [5.74, 6) is 1.06. The standard InChI is InChI=1S/C16H18F3NO/c17-16(18,19)12-3-1-2-10(4-12)7-21-8-11-5-14-6-13(11)15(14,20)9-14/h1-4,11,13H,5-9,20H2/t11-,13?,14?,15?/m1/s1. The number of hydrogen-bond donors (Lipinski definition) is 1. The van der Waals surface area contributed by atoms with Gasteiger partial charge in [0.2, 0.25) is 0 Å². The van der Waals surface area contributed by atoms with Crippen LogP contribution in [0.5, 0.6) is 0 Å². The van der Waals surface area contributed by atoms with Crippen molar-refractivity contribution in [2.75, 3.05) is 6.61 Å². The van der Waals surface area contributed by atoms with Gasteiger partial charge < -0.3 is 10.5 Å². The summed E-state index contributed by atoms with van der Waals surface area (Å²) in [4.78, 5) is 0. The predicted molar refractivity (Wildman–Crippen MR) is 71.3 cm³/mol. The highest BCUT2D eigenvalue weighted by atomic mass is 19.4. The van der Waals surface area contributed by atoms with Gasteiger partial charge in [0.1, 0.15) is 0 Å². The van der Waals surface area contributed by atoms with E-state index in [0.717, 1.165) is 25.0 Å². The smallest absolute Gasteiger partial charge is 0.376 e. The Labute approximate surface area is 121 Å². The SMILES string of the molecule is NC12CC13CC2[C@@H](COCc1cccc(C(F)(F)F)c1)C3. The number of hydrogen-bond acceptors (Lipinski definition) is 2. The number of alkyl halides is 3. The molecule has 1 aromatic carbocycles. The number of rotatable bonds is 4. The van der Waals surface area contributed by atoms with Gasteiger partial charge in [-0.25, -0.2) is 0 Å². The van der Waals surface area contributed by atoms with Crippen LogP contribution in [0.3, 0.4) is 0 Å². The molecule has 2 N–H and O–H groups in total. The normalized spacial score (nSPS) is 39.8. The zero-order chi connectivity index (χ0) is 14.9. The second-order valence-corrected chi connectivity index (χ2v) is 6.99. The summed E-state index contributed by atoms with van der Waals surface area (Å²) in [6.45, 7) is 0.847. The lowest BCUT2D eigenvalue weighted by atomic mass is 9.77. The Balaban J connectivity index is 1.32. The molecule has 0 aromatic heterocycles. The van der Waals surface area contributed by atoms with E-state index < -0.39 is 11.7 Å². The second kappa shape index (κ2) is 4.02. The van der Waals surface area contributed by atoms with E-state index in [9.17, 15) is 13.2 Å². The highest BCUT2D eigenvalue weighted by molar-refractivity contribution is 5.37. The van der Waals surface area contributed by atoms with Crippen LogP contribution < -0.4 is 5.73 Å². The lowest BCUT2D eigenvalue weighted by Crippen LogP contribution is -2.44. The van der Waals surface area contributed by atoms with Crippen LogP contribution in [0.25, 0.3) is 0 Å². The lowest BCUT2D eigenvalue weighted by Gasteiger charge is -2.33.